The van der Waals surface area contributed by atoms with Crippen molar-refractivity contribution in [3.8, 4) is 0 Å². The van der Waals surface area contributed by atoms with Crippen LogP contribution in [0.4, 0.5) is 5.69 Å². The van der Waals surface area contributed by atoms with Gasteiger partial charge in [0.05, 0.1) is 23.7 Å². The molecule has 1 amide bonds. The third kappa shape index (κ3) is 3.53. The Morgan fingerprint density at radius 3 is 2.96 bits per heavy atom. The minimum atomic E-state index is -0.0785. The van der Waals surface area contributed by atoms with Gasteiger partial charge in [-0.3, -0.25) is 4.79 Å². The maximum absolute atomic E-state index is 11.3. The molecule has 2 N–H and O–H groups in total. The van der Waals surface area contributed by atoms with Gasteiger partial charge in [0.25, 0.3) is 0 Å². The van der Waals surface area contributed by atoms with E-state index < -0.39 is 0 Å². The third-order valence-corrected chi connectivity index (χ3v) is 4.85. The van der Waals surface area contributed by atoms with Crippen molar-refractivity contribution >= 4 is 22.6 Å². The highest BCUT2D eigenvalue weighted by atomic mass is 16.5. The van der Waals surface area contributed by atoms with E-state index in [-0.39, 0.29) is 11.9 Å². The lowest BCUT2D eigenvalue weighted by Crippen LogP contribution is -2.40. The van der Waals surface area contributed by atoms with Crippen molar-refractivity contribution in [2.75, 3.05) is 31.7 Å². The van der Waals surface area contributed by atoms with Crippen molar-refractivity contribution < 1.29 is 14.3 Å². The summed E-state index contributed by atoms with van der Waals surface area (Å²) in [7, 11) is 0. The Labute approximate surface area is 146 Å². The summed E-state index contributed by atoms with van der Waals surface area (Å²) in [6.45, 7) is 5.25. The fourth-order valence-electron chi connectivity index (χ4n) is 3.65. The van der Waals surface area contributed by atoms with Gasteiger partial charge in [-0.05, 0) is 31.0 Å². The molecule has 1 aromatic heterocycles. The third-order valence-electron chi connectivity index (χ3n) is 4.85. The second kappa shape index (κ2) is 7.11. The highest BCUT2D eigenvalue weighted by Crippen LogP contribution is 2.27. The molecule has 1 unspecified atom stereocenters. The lowest BCUT2D eigenvalue weighted by Gasteiger charge is -2.30. The van der Waals surface area contributed by atoms with Crippen molar-refractivity contribution in [3.05, 3.63) is 24.0 Å². The number of anilines is 1. The summed E-state index contributed by atoms with van der Waals surface area (Å²) in [6.07, 6.45) is 2.12. The first-order valence-corrected chi connectivity index (χ1v) is 8.88. The van der Waals surface area contributed by atoms with Gasteiger partial charge in [-0.25, -0.2) is 4.98 Å². The van der Waals surface area contributed by atoms with Crippen LogP contribution in [0.25, 0.3) is 11.0 Å². The summed E-state index contributed by atoms with van der Waals surface area (Å²) in [6, 6.07) is 6.62. The molecule has 2 aliphatic heterocycles. The molecule has 0 bridgehead atoms. The molecule has 3 heterocycles. The maximum Gasteiger partial charge on any atom is 0.221 e. The molecule has 25 heavy (non-hydrogen) atoms. The van der Waals surface area contributed by atoms with E-state index in [1.165, 1.54) is 6.92 Å². The predicted molar refractivity (Wildman–Crippen MR) is 94.6 cm³/mol. The predicted octanol–water partition coefficient (Wildman–Crippen LogP) is 1.83. The van der Waals surface area contributed by atoms with E-state index in [9.17, 15) is 4.79 Å². The van der Waals surface area contributed by atoms with Gasteiger partial charge in [0.15, 0.2) is 0 Å². The number of carbonyl (C=O) groups excluding carboxylic acids is 1. The molecule has 1 fully saturated rings. The monoisotopic (exact) mass is 344 g/mol. The molecule has 7 nitrogen and oxygen atoms in total. The van der Waals surface area contributed by atoms with Gasteiger partial charge in [0.2, 0.25) is 5.91 Å². The van der Waals surface area contributed by atoms with Crippen LogP contribution in [-0.4, -0.2) is 47.9 Å². The molecule has 4 rings (SSSR count). The summed E-state index contributed by atoms with van der Waals surface area (Å²) in [4.78, 5) is 16.0. The Hall–Kier alpha value is -1.96. The molecule has 134 valence electrons. The standard InChI is InChI=1S/C18H24N4O3/c1-12(23)20-14-2-3-17-16(8-14)21-18-11-25-10-15(22(17)18)9-19-13-4-6-24-7-5-13/h2-3,8,13,15,19H,4-7,9-11H2,1H3,(H,20,23). The highest BCUT2D eigenvalue weighted by molar-refractivity contribution is 5.91. The molecule has 0 aliphatic carbocycles. The fourth-order valence-corrected chi connectivity index (χ4v) is 3.65. The minimum absolute atomic E-state index is 0.0785. The van der Waals surface area contributed by atoms with Crippen LogP contribution >= 0.6 is 0 Å². The second-order valence-corrected chi connectivity index (χ2v) is 6.75. The van der Waals surface area contributed by atoms with Crippen LogP contribution in [0.2, 0.25) is 0 Å². The highest BCUT2D eigenvalue weighted by Gasteiger charge is 2.25. The summed E-state index contributed by atoms with van der Waals surface area (Å²) in [5, 5.41) is 6.47. The number of ether oxygens (including phenoxy) is 2. The van der Waals surface area contributed by atoms with Crippen LogP contribution in [0, 0.1) is 0 Å². The van der Waals surface area contributed by atoms with Crippen molar-refractivity contribution in [1.82, 2.24) is 14.9 Å². The smallest absolute Gasteiger partial charge is 0.221 e. The summed E-state index contributed by atoms with van der Waals surface area (Å²) >= 11 is 0. The number of benzene rings is 1. The Balaban J connectivity index is 1.55. The normalized spacial score (nSPS) is 21.2. The number of hydrogen-bond acceptors (Lipinski definition) is 5. The lowest BCUT2D eigenvalue weighted by atomic mass is 10.1. The van der Waals surface area contributed by atoms with Crippen LogP contribution < -0.4 is 10.6 Å². The van der Waals surface area contributed by atoms with E-state index in [2.05, 4.69) is 15.2 Å². The van der Waals surface area contributed by atoms with E-state index in [0.717, 1.165) is 55.1 Å². The Morgan fingerprint density at radius 2 is 2.16 bits per heavy atom. The van der Waals surface area contributed by atoms with Crippen molar-refractivity contribution in [1.29, 1.82) is 0 Å². The van der Waals surface area contributed by atoms with Gasteiger partial charge in [0, 0.05) is 38.4 Å². The number of hydrogen-bond donors (Lipinski definition) is 2. The molecule has 0 spiro atoms. The fraction of sp³-hybridized carbons (Fsp3) is 0.556. The molecule has 0 saturated carbocycles. The van der Waals surface area contributed by atoms with Gasteiger partial charge in [0.1, 0.15) is 12.4 Å². The minimum Gasteiger partial charge on any atom is -0.381 e. The average molecular weight is 344 g/mol. The number of rotatable bonds is 4. The average Bonchev–Trinajstić information content (AvgIpc) is 2.98. The van der Waals surface area contributed by atoms with Crippen LogP contribution in [0.3, 0.4) is 0 Å². The number of nitrogens with one attached hydrogen (secondary N) is 2. The number of imidazole rings is 1. The van der Waals surface area contributed by atoms with Crippen LogP contribution in [0.15, 0.2) is 18.2 Å². The molecule has 2 aliphatic rings. The van der Waals surface area contributed by atoms with Crippen LogP contribution in [0.1, 0.15) is 31.6 Å². The van der Waals surface area contributed by atoms with E-state index >= 15 is 0 Å². The zero-order valence-electron chi connectivity index (χ0n) is 14.5. The van der Waals surface area contributed by atoms with Gasteiger partial charge in [-0.2, -0.15) is 0 Å². The zero-order valence-corrected chi connectivity index (χ0v) is 14.5. The zero-order chi connectivity index (χ0) is 17.2. The van der Waals surface area contributed by atoms with Gasteiger partial charge >= 0.3 is 0 Å². The summed E-state index contributed by atoms with van der Waals surface area (Å²) < 4.78 is 13.5. The molecular weight excluding hydrogens is 320 g/mol. The van der Waals surface area contributed by atoms with E-state index in [0.29, 0.717) is 19.3 Å². The number of carbonyl (C=O) groups is 1. The molecule has 1 aromatic carbocycles. The van der Waals surface area contributed by atoms with E-state index in [4.69, 9.17) is 14.5 Å². The largest absolute Gasteiger partial charge is 0.381 e. The van der Waals surface area contributed by atoms with Crippen molar-refractivity contribution in [2.45, 2.75) is 38.5 Å². The maximum atomic E-state index is 11.3. The molecule has 0 radical (unpaired) electrons. The first-order valence-electron chi connectivity index (χ1n) is 8.88. The van der Waals surface area contributed by atoms with E-state index in [1.807, 2.05) is 18.2 Å². The topological polar surface area (TPSA) is 77.4 Å². The van der Waals surface area contributed by atoms with Crippen molar-refractivity contribution in [2.24, 2.45) is 0 Å². The number of fused-ring (bicyclic) bond motifs is 3. The summed E-state index contributed by atoms with van der Waals surface area (Å²) in [5.41, 5.74) is 2.75. The quantitative estimate of drug-likeness (QED) is 0.885. The first-order chi connectivity index (χ1) is 12.2. The number of nitrogens with zero attached hydrogens (tertiary/aromatic N) is 2. The Bertz CT molecular complexity index is 767. The van der Waals surface area contributed by atoms with Crippen LogP contribution in [0.5, 0.6) is 0 Å². The second-order valence-electron chi connectivity index (χ2n) is 6.75. The SMILES string of the molecule is CC(=O)Nc1ccc2c(c1)nc1n2C(CNC2CCOCC2)COC1. The number of amides is 1. The Morgan fingerprint density at radius 1 is 1.32 bits per heavy atom. The molecule has 1 atom stereocenters. The van der Waals surface area contributed by atoms with Gasteiger partial charge in [-0.1, -0.05) is 0 Å². The van der Waals surface area contributed by atoms with Gasteiger partial charge in [-0.15, -0.1) is 0 Å². The Kier molecular flexibility index (Phi) is 4.70. The summed E-state index contributed by atoms with van der Waals surface area (Å²) in [5.74, 6) is 0.866. The molecule has 7 heteroatoms. The number of aromatic nitrogens is 2. The van der Waals surface area contributed by atoms with E-state index in [1.54, 1.807) is 0 Å². The van der Waals surface area contributed by atoms with Gasteiger partial charge < -0.3 is 24.7 Å². The molecule has 2 aromatic rings. The molecule has 1 saturated heterocycles. The first kappa shape index (κ1) is 16.5. The van der Waals surface area contributed by atoms with Crippen LogP contribution in [-0.2, 0) is 20.9 Å². The molecular formula is C18H24N4O3. The lowest BCUT2D eigenvalue weighted by molar-refractivity contribution is -0.114. The van der Waals surface area contributed by atoms with Crippen molar-refractivity contribution in [3.63, 3.8) is 0 Å².